The van der Waals surface area contributed by atoms with Crippen LogP contribution < -0.4 is 0 Å². The van der Waals surface area contributed by atoms with E-state index >= 15 is 0 Å². The van der Waals surface area contributed by atoms with Crippen LogP contribution in [0.5, 0.6) is 0 Å². The van der Waals surface area contributed by atoms with Gasteiger partial charge < -0.3 is 10.0 Å². The quantitative estimate of drug-likeness (QED) is 0.833. The molecule has 0 radical (unpaired) electrons. The highest BCUT2D eigenvalue weighted by Gasteiger charge is 2.33. The van der Waals surface area contributed by atoms with Crippen LogP contribution >= 0.6 is 0 Å². The van der Waals surface area contributed by atoms with Gasteiger partial charge in [-0.3, -0.25) is 9.69 Å². The highest BCUT2D eigenvalue weighted by Crippen LogP contribution is 2.22. The van der Waals surface area contributed by atoms with Crippen molar-refractivity contribution in [1.29, 1.82) is 0 Å². The number of nitrogens with zero attached hydrogens (tertiary/aromatic N) is 2. The van der Waals surface area contributed by atoms with Crippen molar-refractivity contribution in [1.82, 2.24) is 9.80 Å². The molecule has 0 aliphatic carbocycles. The van der Waals surface area contributed by atoms with E-state index in [0.717, 1.165) is 0 Å². The highest BCUT2D eigenvalue weighted by molar-refractivity contribution is 5.73. The van der Waals surface area contributed by atoms with E-state index in [1.807, 2.05) is 4.90 Å². The van der Waals surface area contributed by atoms with E-state index in [0.29, 0.717) is 39.1 Å². The molecule has 1 rings (SSSR count). The number of aliphatic carboxylic acids is 1. The van der Waals surface area contributed by atoms with Crippen molar-refractivity contribution in [2.75, 3.05) is 39.3 Å². The second-order valence-corrected chi connectivity index (χ2v) is 5.67. The van der Waals surface area contributed by atoms with Gasteiger partial charge in [-0.1, -0.05) is 0 Å². The number of alkyl halides is 3. The molecule has 0 aromatic carbocycles. The molecular formula is C12H21F3N2O2. The first-order valence-corrected chi connectivity index (χ1v) is 6.35. The summed E-state index contributed by atoms with van der Waals surface area (Å²) in [4.78, 5) is 14.4. The molecule has 0 bridgehead atoms. The van der Waals surface area contributed by atoms with Gasteiger partial charge in [0.25, 0.3) is 0 Å². The Balaban J connectivity index is 2.29. The number of rotatable bonds is 5. The Bertz CT molecular complexity index is 311. The third-order valence-electron chi connectivity index (χ3n) is 3.50. The van der Waals surface area contributed by atoms with E-state index in [-0.39, 0.29) is 0 Å². The molecule has 0 amide bonds. The first kappa shape index (κ1) is 16.2. The van der Waals surface area contributed by atoms with Gasteiger partial charge in [0.1, 0.15) is 0 Å². The molecule has 1 aliphatic heterocycles. The zero-order chi connectivity index (χ0) is 14.7. The molecule has 1 heterocycles. The maximum Gasteiger partial charge on any atom is 0.401 e. The first-order valence-electron chi connectivity index (χ1n) is 6.35. The van der Waals surface area contributed by atoms with Crippen molar-refractivity contribution < 1.29 is 23.1 Å². The van der Waals surface area contributed by atoms with Crippen LogP contribution in [-0.2, 0) is 4.79 Å². The number of halogens is 3. The van der Waals surface area contributed by atoms with Gasteiger partial charge >= 0.3 is 12.1 Å². The average molecular weight is 282 g/mol. The maximum absolute atomic E-state index is 12.2. The number of carboxylic acids is 1. The number of hydrogen-bond acceptors (Lipinski definition) is 3. The molecular weight excluding hydrogens is 261 g/mol. The largest absolute Gasteiger partial charge is 0.481 e. The van der Waals surface area contributed by atoms with Crippen LogP contribution in [0.3, 0.4) is 0 Å². The fourth-order valence-electron chi connectivity index (χ4n) is 1.97. The van der Waals surface area contributed by atoms with Crippen molar-refractivity contribution in [2.45, 2.75) is 26.4 Å². The van der Waals surface area contributed by atoms with Gasteiger partial charge in [0.15, 0.2) is 0 Å². The van der Waals surface area contributed by atoms with Crippen molar-refractivity contribution in [3.63, 3.8) is 0 Å². The predicted molar refractivity (Wildman–Crippen MR) is 65.0 cm³/mol. The summed E-state index contributed by atoms with van der Waals surface area (Å²) in [6, 6.07) is 0. The first-order chi connectivity index (χ1) is 8.60. The molecule has 0 aromatic heterocycles. The van der Waals surface area contributed by atoms with Crippen molar-refractivity contribution in [3.05, 3.63) is 0 Å². The van der Waals surface area contributed by atoms with Crippen LogP contribution in [0.4, 0.5) is 13.2 Å². The smallest absolute Gasteiger partial charge is 0.401 e. The molecule has 0 saturated carbocycles. The summed E-state index contributed by atoms with van der Waals surface area (Å²) >= 11 is 0. The van der Waals surface area contributed by atoms with E-state index in [9.17, 15) is 18.0 Å². The number of hydrogen-bond donors (Lipinski definition) is 1. The molecule has 0 spiro atoms. The lowest BCUT2D eigenvalue weighted by Gasteiger charge is -2.36. The number of carbonyl (C=O) groups is 1. The summed E-state index contributed by atoms with van der Waals surface area (Å²) in [5.74, 6) is -0.844. The zero-order valence-corrected chi connectivity index (χ0v) is 11.3. The molecule has 112 valence electrons. The fraction of sp³-hybridized carbons (Fsp3) is 0.917. The van der Waals surface area contributed by atoms with Crippen LogP contribution in [0.15, 0.2) is 0 Å². The average Bonchev–Trinajstić information content (AvgIpc) is 2.26. The van der Waals surface area contributed by atoms with Gasteiger partial charge in [0, 0.05) is 26.2 Å². The Morgan fingerprint density at radius 2 is 1.58 bits per heavy atom. The summed E-state index contributed by atoms with van der Waals surface area (Å²) < 4.78 is 36.6. The molecule has 0 aromatic rings. The van der Waals surface area contributed by atoms with E-state index in [2.05, 4.69) is 0 Å². The molecule has 1 aliphatic rings. The lowest BCUT2D eigenvalue weighted by molar-refractivity contribution is -0.151. The van der Waals surface area contributed by atoms with E-state index in [4.69, 9.17) is 5.11 Å². The summed E-state index contributed by atoms with van der Waals surface area (Å²) in [6.07, 6.45) is -3.64. The SMILES string of the molecule is CC(C)(CCN1CCN(CC(F)(F)F)CC1)C(=O)O. The van der Waals surface area contributed by atoms with Crippen LogP contribution in [0, 0.1) is 5.41 Å². The zero-order valence-electron chi connectivity index (χ0n) is 11.3. The fourth-order valence-corrected chi connectivity index (χ4v) is 1.97. The third-order valence-corrected chi connectivity index (χ3v) is 3.50. The molecule has 1 N–H and O–H groups in total. The minimum absolute atomic E-state index is 0.382. The van der Waals surface area contributed by atoms with Crippen LogP contribution in [0.1, 0.15) is 20.3 Å². The summed E-state index contributed by atoms with van der Waals surface area (Å²) in [5.41, 5.74) is -0.789. The summed E-state index contributed by atoms with van der Waals surface area (Å²) in [7, 11) is 0. The Morgan fingerprint density at radius 1 is 1.11 bits per heavy atom. The van der Waals surface area contributed by atoms with Crippen LogP contribution in [-0.4, -0.2) is 66.3 Å². The Kier molecular flexibility index (Phi) is 5.20. The minimum atomic E-state index is -4.15. The monoisotopic (exact) mass is 282 g/mol. The molecule has 7 heteroatoms. The topological polar surface area (TPSA) is 43.8 Å². The highest BCUT2D eigenvalue weighted by atomic mass is 19.4. The van der Waals surface area contributed by atoms with Gasteiger partial charge in [-0.05, 0) is 26.8 Å². The Morgan fingerprint density at radius 3 is 2.00 bits per heavy atom. The van der Waals surface area contributed by atoms with Crippen LogP contribution in [0.25, 0.3) is 0 Å². The van der Waals surface area contributed by atoms with E-state index < -0.39 is 24.1 Å². The molecule has 0 unspecified atom stereocenters. The standard InChI is InChI=1S/C12H21F3N2O2/c1-11(2,10(18)19)3-4-16-5-7-17(8-6-16)9-12(13,14)15/h3-9H2,1-2H3,(H,18,19). The van der Waals surface area contributed by atoms with Crippen LogP contribution in [0.2, 0.25) is 0 Å². The maximum atomic E-state index is 12.2. The molecule has 0 atom stereocenters. The normalized spacial score (nSPS) is 19.6. The van der Waals surface area contributed by atoms with Gasteiger partial charge in [-0.25, -0.2) is 0 Å². The van der Waals surface area contributed by atoms with Crippen molar-refractivity contribution in [3.8, 4) is 0 Å². The van der Waals surface area contributed by atoms with E-state index in [1.54, 1.807) is 13.8 Å². The molecule has 1 fully saturated rings. The van der Waals surface area contributed by atoms with Gasteiger partial charge in [-0.2, -0.15) is 13.2 Å². The van der Waals surface area contributed by atoms with Gasteiger partial charge in [0.2, 0.25) is 0 Å². The minimum Gasteiger partial charge on any atom is -0.481 e. The van der Waals surface area contributed by atoms with E-state index in [1.165, 1.54) is 4.90 Å². The lowest BCUT2D eigenvalue weighted by atomic mass is 9.89. The second-order valence-electron chi connectivity index (χ2n) is 5.67. The van der Waals surface area contributed by atoms with Gasteiger partial charge in [-0.15, -0.1) is 0 Å². The third kappa shape index (κ3) is 5.78. The number of carboxylic acid groups (broad SMARTS) is 1. The predicted octanol–water partition coefficient (Wildman–Crippen LogP) is 1.67. The summed E-state index contributed by atoms with van der Waals surface area (Å²) in [5, 5.41) is 8.99. The molecule has 1 saturated heterocycles. The van der Waals surface area contributed by atoms with Crippen molar-refractivity contribution >= 4 is 5.97 Å². The number of piperazine rings is 1. The Labute approximate surface area is 111 Å². The summed E-state index contributed by atoms with van der Waals surface area (Å²) in [6.45, 7) is 4.96. The lowest BCUT2D eigenvalue weighted by Crippen LogP contribution is -2.49. The molecule has 19 heavy (non-hydrogen) atoms. The second kappa shape index (κ2) is 6.09. The van der Waals surface area contributed by atoms with Crippen molar-refractivity contribution in [2.24, 2.45) is 5.41 Å². The van der Waals surface area contributed by atoms with Gasteiger partial charge in [0.05, 0.1) is 12.0 Å². The molecule has 4 nitrogen and oxygen atoms in total. The Hall–Kier alpha value is -0.820.